The summed E-state index contributed by atoms with van der Waals surface area (Å²) in [6.07, 6.45) is 3.62. The minimum atomic E-state index is 0. The number of hydrogen-bond acceptors (Lipinski definition) is 3. The number of benzene rings is 1. The molecule has 0 bridgehead atoms. The van der Waals surface area contributed by atoms with E-state index in [0.29, 0.717) is 5.25 Å². The lowest BCUT2D eigenvalue weighted by Crippen LogP contribution is -2.38. The zero-order valence-corrected chi connectivity index (χ0v) is 17.2. The molecule has 0 spiro atoms. The first-order chi connectivity index (χ1) is 10.8. The van der Waals surface area contributed by atoms with Gasteiger partial charge < -0.3 is 15.4 Å². The molecule has 1 saturated heterocycles. The van der Waals surface area contributed by atoms with Gasteiger partial charge in [0.25, 0.3) is 0 Å². The summed E-state index contributed by atoms with van der Waals surface area (Å²) < 4.78 is 5.18. The molecule has 1 unspecified atom stereocenters. The van der Waals surface area contributed by atoms with Gasteiger partial charge in [-0.05, 0) is 49.6 Å². The van der Waals surface area contributed by atoms with Crippen molar-refractivity contribution >= 4 is 41.7 Å². The van der Waals surface area contributed by atoms with Crippen LogP contribution in [0.1, 0.15) is 25.3 Å². The standard InChI is InChI=1S/C17H27N3OS.HI/c1-3-18-17(20-13-16-5-4-12-22-16)19-11-10-14-6-8-15(21-2)9-7-14;/h6-9,16H,3-5,10-13H2,1-2H3,(H2,18,19,20);1H. The molecular formula is C17H28IN3OS. The molecule has 6 heteroatoms. The van der Waals surface area contributed by atoms with Crippen LogP contribution in [0.5, 0.6) is 5.75 Å². The van der Waals surface area contributed by atoms with Gasteiger partial charge >= 0.3 is 0 Å². The van der Waals surface area contributed by atoms with Crippen LogP contribution in [0.3, 0.4) is 0 Å². The summed E-state index contributed by atoms with van der Waals surface area (Å²) in [6, 6.07) is 8.23. The summed E-state index contributed by atoms with van der Waals surface area (Å²) in [6.45, 7) is 4.80. The van der Waals surface area contributed by atoms with E-state index in [9.17, 15) is 0 Å². The van der Waals surface area contributed by atoms with Gasteiger partial charge in [0.05, 0.1) is 13.7 Å². The normalized spacial score (nSPS) is 17.5. The van der Waals surface area contributed by atoms with Gasteiger partial charge in [-0.2, -0.15) is 11.8 Å². The van der Waals surface area contributed by atoms with Crippen molar-refractivity contribution in [3.63, 3.8) is 0 Å². The van der Waals surface area contributed by atoms with Crippen molar-refractivity contribution < 1.29 is 4.74 Å². The summed E-state index contributed by atoms with van der Waals surface area (Å²) in [5.41, 5.74) is 1.30. The summed E-state index contributed by atoms with van der Waals surface area (Å²) in [7, 11) is 1.69. The molecule has 0 saturated carbocycles. The van der Waals surface area contributed by atoms with Gasteiger partial charge in [-0.15, -0.1) is 24.0 Å². The largest absolute Gasteiger partial charge is 0.497 e. The predicted octanol–water partition coefficient (Wildman–Crippen LogP) is 3.31. The van der Waals surface area contributed by atoms with E-state index < -0.39 is 0 Å². The maximum Gasteiger partial charge on any atom is 0.191 e. The fourth-order valence-corrected chi connectivity index (χ4v) is 3.62. The zero-order chi connectivity index (χ0) is 15.6. The van der Waals surface area contributed by atoms with Crippen LogP contribution in [0.4, 0.5) is 0 Å². The maximum atomic E-state index is 5.18. The monoisotopic (exact) mass is 449 g/mol. The van der Waals surface area contributed by atoms with Gasteiger partial charge in [0.1, 0.15) is 5.75 Å². The van der Waals surface area contributed by atoms with Crippen molar-refractivity contribution in [2.24, 2.45) is 4.99 Å². The Bertz CT molecular complexity index is 461. The average Bonchev–Trinajstić information content (AvgIpc) is 3.06. The number of thioether (sulfide) groups is 1. The second-order valence-electron chi connectivity index (χ2n) is 5.38. The van der Waals surface area contributed by atoms with Crippen LogP contribution in [0.25, 0.3) is 0 Å². The Kier molecular flexibility index (Phi) is 10.5. The second kappa shape index (κ2) is 11.8. The van der Waals surface area contributed by atoms with E-state index in [1.807, 2.05) is 12.1 Å². The summed E-state index contributed by atoms with van der Waals surface area (Å²) in [5, 5.41) is 7.45. The van der Waals surface area contributed by atoms with E-state index >= 15 is 0 Å². The third-order valence-electron chi connectivity index (χ3n) is 3.69. The molecule has 1 aromatic carbocycles. The number of halogens is 1. The number of guanidine groups is 1. The van der Waals surface area contributed by atoms with Gasteiger partial charge in [-0.1, -0.05) is 12.1 Å². The topological polar surface area (TPSA) is 45.7 Å². The average molecular weight is 449 g/mol. The fourth-order valence-electron chi connectivity index (χ4n) is 2.44. The molecule has 1 atom stereocenters. The molecule has 23 heavy (non-hydrogen) atoms. The van der Waals surface area contributed by atoms with Crippen molar-refractivity contribution in [1.29, 1.82) is 0 Å². The molecule has 4 nitrogen and oxygen atoms in total. The van der Waals surface area contributed by atoms with Crippen LogP contribution < -0.4 is 15.4 Å². The van der Waals surface area contributed by atoms with Crippen LogP contribution in [0.2, 0.25) is 0 Å². The Morgan fingerprint density at radius 2 is 2.09 bits per heavy atom. The first-order valence-corrected chi connectivity index (χ1v) is 9.13. The fraction of sp³-hybridized carbons (Fsp3) is 0.588. The van der Waals surface area contributed by atoms with Gasteiger partial charge in [-0.3, -0.25) is 4.99 Å². The smallest absolute Gasteiger partial charge is 0.191 e. The van der Waals surface area contributed by atoms with Crippen molar-refractivity contribution in [2.75, 3.05) is 32.5 Å². The maximum absolute atomic E-state index is 5.18. The van der Waals surface area contributed by atoms with Crippen LogP contribution in [0.15, 0.2) is 29.3 Å². The summed E-state index contributed by atoms with van der Waals surface area (Å²) in [4.78, 5) is 4.71. The number of hydrogen-bond donors (Lipinski definition) is 2. The highest BCUT2D eigenvalue weighted by molar-refractivity contribution is 14.0. The van der Waals surface area contributed by atoms with Gasteiger partial charge in [0.2, 0.25) is 0 Å². The molecule has 1 aromatic rings. The van der Waals surface area contributed by atoms with E-state index in [2.05, 4.69) is 41.5 Å². The van der Waals surface area contributed by atoms with E-state index in [-0.39, 0.29) is 24.0 Å². The lowest BCUT2D eigenvalue weighted by Gasteiger charge is -2.13. The van der Waals surface area contributed by atoms with E-state index in [1.54, 1.807) is 7.11 Å². The van der Waals surface area contributed by atoms with Gasteiger partial charge in [0, 0.05) is 18.3 Å². The van der Waals surface area contributed by atoms with Crippen molar-refractivity contribution in [1.82, 2.24) is 10.6 Å². The van der Waals surface area contributed by atoms with E-state index in [0.717, 1.165) is 37.8 Å². The van der Waals surface area contributed by atoms with Gasteiger partial charge in [0.15, 0.2) is 5.96 Å². The van der Waals surface area contributed by atoms with E-state index in [1.165, 1.54) is 24.2 Å². The number of aliphatic imine (C=N–C) groups is 1. The van der Waals surface area contributed by atoms with Crippen LogP contribution in [-0.4, -0.2) is 43.7 Å². The Balaban J connectivity index is 0.00000264. The molecule has 2 N–H and O–H groups in total. The molecule has 1 heterocycles. The molecule has 1 aliphatic rings. The minimum Gasteiger partial charge on any atom is -0.497 e. The van der Waals surface area contributed by atoms with Gasteiger partial charge in [-0.25, -0.2) is 0 Å². The molecule has 1 aliphatic heterocycles. The summed E-state index contributed by atoms with van der Waals surface area (Å²) >= 11 is 2.05. The molecular weight excluding hydrogens is 421 g/mol. The summed E-state index contributed by atoms with van der Waals surface area (Å²) in [5.74, 6) is 3.13. The third-order valence-corrected chi connectivity index (χ3v) is 5.07. The molecule has 1 fully saturated rings. The molecule has 2 rings (SSSR count). The Morgan fingerprint density at radius 1 is 1.30 bits per heavy atom. The Hall–Kier alpha value is -0.630. The second-order valence-corrected chi connectivity index (χ2v) is 6.79. The Labute approximate surface area is 161 Å². The van der Waals surface area contributed by atoms with Crippen molar-refractivity contribution in [2.45, 2.75) is 31.4 Å². The zero-order valence-electron chi connectivity index (χ0n) is 14.0. The SMILES string of the molecule is CCNC(=NCC1CCCS1)NCCc1ccc(OC)cc1.I. The number of nitrogens with zero attached hydrogens (tertiary/aromatic N) is 1. The minimum absolute atomic E-state index is 0. The molecule has 0 radical (unpaired) electrons. The first kappa shape index (κ1) is 20.4. The molecule has 0 aliphatic carbocycles. The first-order valence-electron chi connectivity index (χ1n) is 8.08. The highest BCUT2D eigenvalue weighted by Crippen LogP contribution is 2.25. The van der Waals surface area contributed by atoms with Crippen LogP contribution in [0, 0.1) is 0 Å². The molecule has 0 aromatic heterocycles. The number of nitrogens with one attached hydrogen (secondary N) is 2. The van der Waals surface area contributed by atoms with Crippen LogP contribution in [-0.2, 0) is 6.42 Å². The Morgan fingerprint density at radius 3 is 2.70 bits per heavy atom. The quantitative estimate of drug-likeness (QED) is 0.381. The van der Waals surface area contributed by atoms with E-state index in [4.69, 9.17) is 9.73 Å². The molecule has 130 valence electrons. The van der Waals surface area contributed by atoms with Crippen LogP contribution >= 0.6 is 35.7 Å². The lowest BCUT2D eigenvalue weighted by atomic mass is 10.1. The number of ether oxygens (including phenoxy) is 1. The highest BCUT2D eigenvalue weighted by Gasteiger charge is 2.14. The van der Waals surface area contributed by atoms with Crippen molar-refractivity contribution in [3.8, 4) is 5.75 Å². The van der Waals surface area contributed by atoms with Crippen molar-refractivity contribution in [3.05, 3.63) is 29.8 Å². The third kappa shape index (κ3) is 7.65. The highest BCUT2D eigenvalue weighted by atomic mass is 127. The lowest BCUT2D eigenvalue weighted by molar-refractivity contribution is 0.414. The number of rotatable bonds is 7. The number of methoxy groups -OCH3 is 1. The molecule has 0 amide bonds. The predicted molar refractivity (Wildman–Crippen MR) is 112 cm³/mol.